The Morgan fingerprint density at radius 1 is 0.955 bits per heavy atom. The first-order valence-corrected chi connectivity index (χ1v) is 15.7. The Kier molecular flexibility index (Phi) is 9.02. The minimum atomic E-state index is -0.350. The number of urea groups is 1. The second-order valence-electron chi connectivity index (χ2n) is 11.4. The Bertz CT molecular complexity index is 1620. The van der Waals surface area contributed by atoms with Gasteiger partial charge in [-0.25, -0.2) is 19.9 Å². The largest absolute Gasteiger partial charge is 0.369 e. The van der Waals surface area contributed by atoms with Gasteiger partial charge in [0.2, 0.25) is 0 Å². The Morgan fingerprint density at radius 2 is 1.64 bits per heavy atom. The average Bonchev–Trinajstić information content (AvgIpc) is 3.37. The van der Waals surface area contributed by atoms with Crippen LogP contribution in [0.4, 0.5) is 10.5 Å². The molecule has 11 heteroatoms. The van der Waals surface area contributed by atoms with Crippen LogP contribution in [0.2, 0.25) is 5.02 Å². The summed E-state index contributed by atoms with van der Waals surface area (Å²) in [5.41, 5.74) is 8.60. The van der Waals surface area contributed by atoms with Crippen LogP contribution in [0.15, 0.2) is 60.8 Å². The first-order chi connectivity index (χ1) is 21.4. The van der Waals surface area contributed by atoms with Crippen molar-refractivity contribution < 1.29 is 9.59 Å². The van der Waals surface area contributed by atoms with E-state index >= 15 is 0 Å². The molecular weight excluding hydrogens is 576 g/mol. The van der Waals surface area contributed by atoms with Crippen molar-refractivity contribution >= 4 is 40.3 Å². The third-order valence-electron chi connectivity index (χ3n) is 8.47. The van der Waals surface area contributed by atoms with E-state index in [1.807, 2.05) is 31.2 Å². The number of amides is 3. The van der Waals surface area contributed by atoms with Gasteiger partial charge in [0.25, 0.3) is 5.91 Å². The molecule has 10 nitrogen and oxygen atoms in total. The van der Waals surface area contributed by atoms with Crippen molar-refractivity contribution in [1.82, 2.24) is 30.5 Å². The Hall–Kier alpha value is -4.12. The van der Waals surface area contributed by atoms with Gasteiger partial charge in [-0.15, -0.1) is 0 Å². The number of carbonyl (C=O) groups excluding carboxylic acids is 2. The highest BCUT2D eigenvalue weighted by Gasteiger charge is 2.25. The monoisotopic (exact) mass is 614 g/mol. The fourth-order valence-electron chi connectivity index (χ4n) is 6.09. The predicted octanol–water partition coefficient (Wildman–Crippen LogP) is 4.53. The number of fused-ring (bicyclic) bond motifs is 1. The van der Waals surface area contributed by atoms with Crippen molar-refractivity contribution in [3.8, 4) is 22.4 Å². The number of carbonyl (C=O) groups is 2. The van der Waals surface area contributed by atoms with Crippen LogP contribution >= 0.6 is 11.6 Å². The smallest absolute Gasteiger partial charge is 0.333 e. The number of aromatic nitrogens is 2. The maximum absolute atomic E-state index is 13.1. The van der Waals surface area contributed by atoms with E-state index in [0.717, 1.165) is 85.6 Å². The molecule has 0 bridgehead atoms. The molecule has 230 valence electrons. The van der Waals surface area contributed by atoms with E-state index in [1.165, 1.54) is 0 Å². The number of anilines is 1. The van der Waals surface area contributed by atoms with Gasteiger partial charge >= 0.3 is 6.03 Å². The summed E-state index contributed by atoms with van der Waals surface area (Å²) < 4.78 is 1.71. The van der Waals surface area contributed by atoms with E-state index in [9.17, 15) is 9.59 Å². The second kappa shape index (κ2) is 13.3. The molecule has 4 aromatic rings. The highest BCUT2D eigenvalue weighted by molar-refractivity contribution is 6.37. The highest BCUT2D eigenvalue weighted by atomic mass is 35.5. The SMILES string of the molecule is CCNC(=O)Nn1c(-c2ccc(N3CCNCC3)cc2)c(-c2ccc(C(=O)NC3CCN(C)CC3)cc2)c2c(Cl)ccnc21. The Morgan fingerprint density at radius 3 is 2.32 bits per heavy atom. The van der Waals surface area contributed by atoms with Gasteiger partial charge in [-0.3, -0.25) is 4.79 Å². The number of nitrogens with zero attached hydrogens (tertiary/aromatic N) is 4. The van der Waals surface area contributed by atoms with E-state index in [-0.39, 0.29) is 18.0 Å². The number of hydrogen-bond donors (Lipinski definition) is 4. The van der Waals surface area contributed by atoms with E-state index in [1.54, 1.807) is 16.9 Å². The number of likely N-dealkylation sites (tertiary alicyclic amines) is 1. The number of pyridine rings is 1. The molecule has 2 aromatic carbocycles. The maximum Gasteiger partial charge on any atom is 0.333 e. The first kappa shape index (κ1) is 29.9. The molecule has 4 N–H and O–H groups in total. The summed E-state index contributed by atoms with van der Waals surface area (Å²) in [6.45, 7) is 8.09. The number of rotatable bonds is 7. The molecule has 2 aliphatic rings. The van der Waals surface area contributed by atoms with Gasteiger partial charge < -0.3 is 25.8 Å². The lowest BCUT2D eigenvalue weighted by atomic mass is 9.97. The summed E-state index contributed by atoms with van der Waals surface area (Å²) in [6.07, 6.45) is 3.53. The van der Waals surface area contributed by atoms with Crippen LogP contribution < -0.4 is 26.3 Å². The van der Waals surface area contributed by atoms with E-state index < -0.39 is 0 Å². The molecule has 3 amide bonds. The summed E-state index contributed by atoms with van der Waals surface area (Å²) in [5.74, 6) is -0.0742. The summed E-state index contributed by atoms with van der Waals surface area (Å²) in [7, 11) is 2.11. The van der Waals surface area contributed by atoms with Crippen LogP contribution in [0, 0.1) is 0 Å². The van der Waals surface area contributed by atoms with E-state index in [4.69, 9.17) is 11.6 Å². The lowest BCUT2D eigenvalue weighted by Crippen LogP contribution is -2.43. The molecule has 2 aliphatic heterocycles. The molecule has 0 aliphatic carbocycles. The number of piperazine rings is 1. The van der Waals surface area contributed by atoms with Crippen molar-refractivity contribution in [2.75, 3.05) is 63.2 Å². The highest BCUT2D eigenvalue weighted by Crippen LogP contribution is 2.43. The zero-order valence-electron chi connectivity index (χ0n) is 25.2. The molecule has 6 rings (SSSR count). The van der Waals surface area contributed by atoms with Crippen LogP contribution in [-0.4, -0.2) is 85.4 Å². The van der Waals surface area contributed by atoms with Crippen LogP contribution in [0.5, 0.6) is 0 Å². The van der Waals surface area contributed by atoms with Gasteiger partial charge in [0.15, 0.2) is 5.65 Å². The summed E-state index contributed by atoms with van der Waals surface area (Å²) in [5, 5.41) is 10.7. The van der Waals surface area contributed by atoms with Gasteiger partial charge in [-0.05, 0) is 75.8 Å². The molecule has 0 radical (unpaired) electrons. The number of benzene rings is 2. The average molecular weight is 615 g/mol. The topological polar surface area (TPSA) is 107 Å². The zero-order valence-corrected chi connectivity index (χ0v) is 26.0. The molecule has 44 heavy (non-hydrogen) atoms. The predicted molar refractivity (Wildman–Crippen MR) is 177 cm³/mol. The Labute approximate surface area is 262 Å². The molecular formula is C33H39ClN8O2. The third-order valence-corrected chi connectivity index (χ3v) is 8.78. The minimum Gasteiger partial charge on any atom is -0.369 e. The quantitative estimate of drug-likeness (QED) is 0.244. The fourth-order valence-corrected chi connectivity index (χ4v) is 6.33. The molecule has 2 fully saturated rings. The van der Waals surface area contributed by atoms with Crippen molar-refractivity contribution in [2.45, 2.75) is 25.8 Å². The standard InChI is InChI=1S/C33H39ClN8O2/c1-3-36-33(44)39-42-30(23-8-10-26(11-9-23)41-20-16-35-17-21-41)28(29-27(34)12-15-37-31(29)42)22-4-6-24(7-5-22)32(43)38-25-13-18-40(2)19-14-25/h4-12,15,25,35H,3,13-14,16-21H2,1-2H3,(H,38,43)(H2,36,39,44). The lowest BCUT2D eigenvalue weighted by molar-refractivity contribution is 0.0917. The second-order valence-corrected chi connectivity index (χ2v) is 11.8. The van der Waals surface area contributed by atoms with Gasteiger partial charge in [-0.1, -0.05) is 35.9 Å². The zero-order chi connectivity index (χ0) is 30.6. The maximum atomic E-state index is 13.1. The fraction of sp³-hybridized carbons (Fsp3) is 0.364. The molecule has 0 atom stereocenters. The number of halogens is 1. The van der Waals surface area contributed by atoms with Crippen LogP contribution in [0.1, 0.15) is 30.1 Å². The molecule has 2 aromatic heterocycles. The van der Waals surface area contributed by atoms with Crippen molar-refractivity contribution in [2.24, 2.45) is 0 Å². The third kappa shape index (κ3) is 6.24. The molecule has 0 saturated carbocycles. The van der Waals surface area contributed by atoms with E-state index in [0.29, 0.717) is 22.8 Å². The van der Waals surface area contributed by atoms with Crippen molar-refractivity contribution in [3.63, 3.8) is 0 Å². The van der Waals surface area contributed by atoms with Crippen LogP contribution in [-0.2, 0) is 0 Å². The number of hydrogen-bond acceptors (Lipinski definition) is 6. The summed E-state index contributed by atoms with van der Waals surface area (Å²) in [6, 6.07) is 17.5. The van der Waals surface area contributed by atoms with E-state index in [2.05, 4.69) is 67.5 Å². The molecule has 0 unspecified atom stereocenters. The number of piperidine rings is 1. The summed E-state index contributed by atoms with van der Waals surface area (Å²) in [4.78, 5) is 35.3. The summed E-state index contributed by atoms with van der Waals surface area (Å²) >= 11 is 6.85. The van der Waals surface area contributed by atoms with Gasteiger partial charge in [0.05, 0.1) is 10.7 Å². The molecule has 2 saturated heterocycles. The van der Waals surface area contributed by atoms with Crippen LogP contribution in [0.25, 0.3) is 33.4 Å². The molecule has 0 spiro atoms. The molecule has 4 heterocycles. The lowest BCUT2D eigenvalue weighted by Gasteiger charge is -2.29. The van der Waals surface area contributed by atoms with Crippen molar-refractivity contribution in [1.29, 1.82) is 0 Å². The van der Waals surface area contributed by atoms with Crippen LogP contribution in [0.3, 0.4) is 0 Å². The number of nitrogens with one attached hydrogen (secondary N) is 4. The van der Waals surface area contributed by atoms with Gasteiger partial charge in [0.1, 0.15) is 0 Å². The Balaban J connectivity index is 1.41. The van der Waals surface area contributed by atoms with Gasteiger partial charge in [-0.2, -0.15) is 0 Å². The first-order valence-electron chi connectivity index (χ1n) is 15.3. The minimum absolute atomic E-state index is 0.0742. The normalized spacial score (nSPS) is 16.2. The van der Waals surface area contributed by atoms with Crippen molar-refractivity contribution in [3.05, 3.63) is 71.4 Å². The van der Waals surface area contributed by atoms with Gasteiger partial charge in [0, 0.05) is 72.7 Å².